The van der Waals surface area contributed by atoms with Crippen LogP contribution in [0.15, 0.2) is 29.4 Å². The molecule has 1 aliphatic carbocycles. The van der Waals surface area contributed by atoms with Crippen molar-refractivity contribution in [2.75, 3.05) is 12.4 Å². The number of aromatic nitrogens is 3. The van der Waals surface area contributed by atoms with E-state index < -0.39 is 0 Å². The minimum absolute atomic E-state index is 0.159. The number of aryl methyl sites for hydroxylation is 1. The van der Waals surface area contributed by atoms with Crippen molar-refractivity contribution in [3.63, 3.8) is 0 Å². The Hall–Kier alpha value is -1.33. The Bertz CT molecular complexity index is 718. The van der Waals surface area contributed by atoms with Crippen LogP contribution in [0.3, 0.4) is 0 Å². The molecule has 0 radical (unpaired) electrons. The van der Waals surface area contributed by atoms with Gasteiger partial charge in [0.25, 0.3) is 0 Å². The van der Waals surface area contributed by atoms with Gasteiger partial charge in [-0.3, -0.25) is 0 Å². The van der Waals surface area contributed by atoms with Crippen LogP contribution in [-0.2, 0) is 11.8 Å². The Morgan fingerprint density at radius 2 is 2.05 bits per heavy atom. The van der Waals surface area contributed by atoms with Crippen molar-refractivity contribution in [3.05, 3.63) is 29.8 Å². The lowest BCUT2D eigenvalue weighted by Gasteiger charge is -2.42. The van der Waals surface area contributed by atoms with Gasteiger partial charge in [0.05, 0.1) is 12.2 Å². The molecular formula is C17H21N3OS. The number of nitrogens with zero attached hydrogens (tertiary/aromatic N) is 3. The summed E-state index contributed by atoms with van der Waals surface area (Å²) in [5.74, 6) is 2.02. The molecule has 1 saturated carbocycles. The zero-order valence-electron chi connectivity index (χ0n) is 13.3. The maximum Gasteiger partial charge on any atom is 0.191 e. The number of fused-ring (bicyclic) bond motifs is 1. The van der Waals surface area contributed by atoms with Crippen LogP contribution in [0.5, 0.6) is 0 Å². The molecule has 1 aromatic carbocycles. The topological polar surface area (TPSA) is 39.9 Å². The summed E-state index contributed by atoms with van der Waals surface area (Å²) in [7, 11) is 2.05. The van der Waals surface area contributed by atoms with Crippen LogP contribution in [0.25, 0.3) is 11.4 Å². The summed E-state index contributed by atoms with van der Waals surface area (Å²) in [5.41, 5.74) is 2.91. The second kappa shape index (κ2) is 4.83. The summed E-state index contributed by atoms with van der Waals surface area (Å²) in [6.45, 7) is 5.24. The largest absolute Gasteiger partial charge is 0.375 e. The van der Waals surface area contributed by atoms with Crippen LogP contribution in [-0.4, -0.2) is 32.7 Å². The van der Waals surface area contributed by atoms with E-state index in [0.717, 1.165) is 28.9 Å². The van der Waals surface area contributed by atoms with Gasteiger partial charge in [-0.25, -0.2) is 0 Å². The van der Waals surface area contributed by atoms with Gasteiger partial charge in [0.2, 0.25) is 0 Å². The highest BCUT2D eigenvalue weighted by Gasteiger charge is 2.59. The van der Waals surface area contributed by atoms with Gasteiger partial charge < -0.3 is 9.30 Å². The molecule has 116 valence electrons. The minimum atomic E-state index is 0.159. The first kappa shape index (κ1) is 14.3. The van der Waals surface area contributed by atoms with Gasteiger partial charge in [-0.15, -0.1) is 10.2 Å². The van der Waals surface area contributed by atoms with Crippen molar-refractivity contribution >= 4 is 11.8 Å². The lowest BCUT2D eigenvalue weighted by molar-refractivity contribution is 0.00796. The average molecular weight is 315 g/mol. The summed E-state index contributed by atoms with van der Waals surface area (Å²) >= 11 is 1.81. The molecular weight excluding hydrogens is 294 g/mol. The summed E-state index contributed by atoms with van der Waals surface area (Å²) in [4.78, 5) is 0. The first-order valence-corrected chi connectivity index (χ1v) is 8.71. The van der Waals surface area contributed by atoms with Crippen LogP contribution in [0.2, 0.25) is 0 Å². The maximum atomic E-state index is 5.87. The van der Waals surface area contributed by atoms with E-state index in [2.05, 4.69) is 53.9 Å². The fourth-order valence-corrected chi connectivity index (χ4v) is 5.03. The third-order valence-electron chi connectivity index (χ3n) is 4.95. The van der Waals surface area contributed by atoms with Gasteiger partial charge in [0.1, 0.15) is 0 Å². The molecule has 3 aliphatic rings. The number of rotatable bonds is 4. The van der Waals surface area contributed by atoms with Gasteiger partial charge in [-0.05, 0) is 32.3 Å². The number of thioether (sulfide) groups is 1. The predicted octanol–water partition coefficient (Wildman–Crippen LogP) is 3.45. The summed E-state index contributed by atoms with van der Waals surface area (Å²) in [6.07, 6.45) is 2.38. The lowest BCUT2D eigenvalue weighted by atomic mass is 9.64. The van der Waals surface area contributed by atoms with E-state index in [1.54, 1.807) is 0 Å². The molecule has 4 nitrogen and oxygen atoms in total. The minimum Gasteiger partial charge on any atom is -0.375 e. The second-order valence-corrected chi connectivity index (χ2v) is 8.00. The van der Waals surface area contributed by atoms with E-state index in [-0.39, 0.29) is 5.60 Å². The van der Waals surface area contributed by atoms with Crippen molar-refractivity contribution in [1.82, 2.24) is 14.8 Å². The number of ether oxygens (including phenoxy) is 1. The Morgan fingerprint density at radius 3 is 2.73 bits per heavy atom. The van der Waals surface area contributed by atoms with Crippen molar-refractivity contribution in [3.8, 4) is 11.4 Å². The molecule has 5 rings (SSSR count). The number of hydrogen-bond acceptors (Lipinski definition) is 4. The van der Waals surface area contributed by atoms with Crippen LogP contribution in [0.1, 0.15) is 25.3 Å². The summed E-state index contributed by atoms with van der Waals surface area (Å²) in [6, 6.07) is 8.32. The van der Waals surface area contributed by atoms with Crippen molar-refractivity contribution in [2.45, 2.75) is 37.4 Å². The van der Waals surface area contributed by atoms with Gasteiger partial charge in [0, 0.05) is 23.8 Å². The number of benzene rings is 1. The molecule has 0 amide bonds. The van der Waals surface area contributed by atoms with E-state index >= 15 is 0 Å². The molecule has 0 atom stereocenters. The predicted molar refractivity (Wildman–Crippen MR) is 87.9 cm³/mol. The van der Waals surface area contributed by atoms with Crippen LogP contribution >= 0.6 is 11.8 Å². The Labute approximate surface area is 135 Å². The third kappa shape index (κ3) is 2.18. The van der Waals surface area contributed by atoms with Gasteiger partial charge in [-0.1, -0.05) is 36.0 Å². The zero-order valence-corrected chi connectivity index (χ0v) is 14.1. The molecule has 22 heavy (non-hydrogen) atoms. The standard InChI is InChI=1S/C17H21N3OS/c1-12-6-4-5-7-13(12)14-18-19-15(20(14)3)22-11-17-8-16(2,9-17)21-10-17/h4-7H,8-11H2,1-3H3. The molecule has 3 heterocycles. The fourth-order valence-electron chi connectivity index (χ4n) is 3.93. The van der Waals surface area contributed by atoms with E-state index in [4.69, 9.17) is 4.74 Å². The highest BCUT2D eigenvalue weighted by atomic mass is 32.2. The van der Waals surface area contributed by atoms with Gasteiger partial charge in [0.15, 0.2) is 11.0 Å². The molecule has 2 aromatic rings. The molecule has 3 fully saturated rings. The smallest absolute Gasteiger partial charge is 0.191 e. The number of hydrogen-bond donors (Lipinski definition) is 0. The Balaban J connectivity index is 1.52. The van der Waals surface area contributed by atoms with Crippen molar-refractivity contribution in [2.24, 2.45) is 12.5 Å². The Kier molecular flexibility index (Phi) is 3.13. The highest BCUT2D eigenvalue weighted by Crippen LogP contribution is 2.59. The van der Waals surface area contributed by atoms with E-state index in [9.17, 15) is 0 Å². The van der Waals surface area contributed by atoms with E-state index in [1.807, 2.05) is 17.8 Å². The molecule has 0 spiro atoms. The second-order valence-electron chi connectivity index (χ2n) is 7.06. The summed E-state index contributed by atoms with van der Waals surface area (Å²) in [5, 5.41) is 9.79. The van der Waals surface area contributed by atoms with Gasteiger partial charge >= 0.3 is 0 Å². The molecule has 2 saturated heterocycles. The monoisotopic (exact) mass is 315 g/mol. The third-order valence-corrected chi connectivity index (χ3v) is 6.32. The van der Waals surface area contributed by atoms with E-state index in [0.29, 0.717) is 5.41 Å². The molecule has 0 N–H and O–H groups in total. The quantitative estimate of drug-likeness (QED) is 0.810. The first-order chi connectivity index (χ1) is 10.5. The fraction of sp³-hybridized carbons (Fsp3) is 0.529. The first-order valence-electron chi connectivity index (χ1n) is 7.73. The van der Waals surface area contributed by atoms with E-state index in [1.165, 1.54) is 18.4 Å². The molecule has 1 aromatic heterocycles. The zero-order chi connectivity index (χ0) is 15.4. The van der Waals surface area contributed by atoms with Crippen molar-refractivity contribution in [1.29, 1.82) is 0 Å². The SMILES string of the molecule is Cc1ccccc1-c1nnc(SCC23COC(C)(C2)C3)n1C. The average Bonchev–Trinajstić information content (AvgIpc) is 3.09. The highest BCUT2D eigenvalue weighted by molar-refractivity contribution is 7.99. The Morgan fingerprint density at radius 1 is 1.27 bits per heavy atom. The van der Waals surface area contributed by atoms with Crippen LogP contribution in [0, 0.1) is 12.3 Å². The molecule has 2 bridgehead atoms. The molecule has 2 aliphatic heterocycles. The van der Waals surface area contributed by atoms with Gasteiger partial charge in [-0.2, -0.15) is 0 Å². The normalized spacial score (nSPS) is 29.6. The summed E-state index contributed by atoms with van der Waals surface area (Å²) < 4.78 is 7.98. The molecule has 5 heteroatoms. The lowest BCUT2D eigenvalue weighted by Crippen LogP contribution is -2.43. The molecule has 0 unspecified atom stereocenters. The van der Waals surface area contributed by atoms with Crippen molar-refractivity contribution < 1.29 is 4.74 Å². The van der Waals surface area contributed by atoms with Crippen LogP contribution < -0.4 is 0 Å². The maximum absolute atomic E-state index is 5.87. The van der Waals surface area contributed by atoms with Crippen LogP contribution in [0.4, 0.5) is 0 Å².